The van der Waals surface area contributed by atoms with Crippen LogP contribution in [0.4, 0.5) is 11.6 Å². The van der Waals surface area contributed by atoms with E-state index >= 15 is 0 Å². The smallest absolute Gasteiger partial charge is 0.153 e. The van der Waals surface area contributed by atoms with Crippen molar-refractivity contribution in [2.75, 3.05) is 5.32 Å². The van der Waals surface area contributed by atoms with E-state index in [1.54, 1.807) is 0 Å². The number of aromatic amines is 1. The van der Waals surface area contributed by atoms with Crippen molar-refractivity contribution in [2.45, 2.75) is 57.8 Å². The fraction of sp³-hybridized carbons (Fsp3) is 0.500. The van der Waals surface area contributed by atoms with E-state index in [9.17, 15) is 5.26 Å². The fourth-order valence-corrected chi connectivity index (χ4v) is 4.03. The molecule has 0 unspecified atom stereocenters. The molecule has 0 bridgehead atoms. The van der Waals surface area contributed by atoms with Gasteiger partial charge < -0.3 is 5.32 Å². The third-order valence-electron chi connectivity index (χ3n) is 5.22. The van der Waals surface area contributed by atoms with E-state index in [4.69, 9.17) is 0 Å². The molecule has 2 aromatic heterocycles. The van der Waals surface area contributed by atoms with Gasteiger partial charge in [-0.2, -0.15) is 10.4 Å². The van der Waals surface area contributed by atoms with E-state index in [2.05, 4.69) is 32.6 Å². The molecular weight excluding hydrogens is 286 g/mol. The van der Waals surface area contributed by atoms with Crippen LogP contribution in [0.1, 0.15) is 66.1 Å². The summed E-state index contributed by atoms with van der Waals surface area (Å²) in [7, 11) is 0. The lowest BCUT2D eigenvalue weighted by atomic mass is 10.0. The Kier molecular flexibility index (Phi) is 3.53. The van der Waals surface area contributed by atoms with E-state index in [1.807, 2.05) is 6.92 Å². The van der Waals surface area contributed by atoms with Gasteiger partial charge in [0, 0.05) is 23.4 Å². The predicted molar refractivity (Wildman–Crippen MR) is 88.8 cm³/mol. The van der Waals surface area contributed by atoms with E-state index in [1.165, 1.54) is 42.5 Å². The summed E-state index contributed by atoms with van der Waals surface area (Å²) in [5.74, 6) is 2.01. The summed E-state index contributed by atoms with van der Waals surface area (Å²) >= 11 is 0. The number of H-pyrrole nitrogens is 1. The lowest BCUT2D eigenvalue weighted by Crippen LogP contribution is -2.04. The van der Waals surface area contributed by atoms with Crippen LogP contribution in [-0.2, 0) is 12.8 Å². The van der Waals surface area contributed by atoms with Gasteiger partial charge in [-0.05, 0) is 50.2 Å². The first-order valence-corrected chi connectivity index (χ1v) is 8.51. The van der Waals surface area contributed by atoms with Crippen LogP contribution in [0.15, 0.2) is 6.07 Å². The Morgan fingerprint density at radius 1 is 1.22 bits per heavy atom. The molecule has 0 aromatic carbocycles. The minimum atomic E-state index is 0.600. The Morgan fingerprint density at radius 3 is 2.78 bits per heavy atom. The fourth-order valence-electron chi connectivity index (χ4n) is 4.03. The zero-order valence-electron chi connectivity index (χ0n) is 13.4. The van der Waals surface area contributed by atoms with Crippen molar-refractivity contribution in [2.24, 2.45) is 0 Å². The predicted octanol–water partition coefficient (Wildman–Crippen LogP) is 3.87. The molecule has 0 radical (unpaired) electrons. The molecule has 2 aromatic rings. The van der Waals surface area contributed by atoms with Crippen molar-refractivity contribution in [3.05, 3.63) is 34.1 Å². The van der Waals surface area contributed by atoms with Crippen LogP contribution in [0.25, 0.3) is 0 Å². The second-order valence-corrected chi connectivity index (χ2v) is 6.66. The van der Waals surface area contributed by atoms with Crippen LogP contribution >= 0.6 is 0 Å². The van der Waals surface area contributed by atoms with Gasteiger partial charge in [0.15, 0.2) is 5.82 Å². The monoisotopic (exact) mass is 307 g/mol. The van der Waals surface area contributed by atoms with Crippen molar-refractivity contribution in [1.29, 1.82) is 5.26 Å². The SMILES string of the molecule is Cc1nc(Nc2cc(C3CCCC3)[nH]n2)c(C#N)c2c1CCC2. The number of nitrogens with one attached hydrogen (secondary N) is 2. The first-order valence-electron chi connectivity index (χ1n) is 8.51. The van der Waals surface area contributed by atoms with Gasteiger partial charge in [0.2, 0.25) is 0 Å². The maximum atomic E-state index is 9.57. The van der Waals surface area contributed by atoms with Gasteiger partial charge in [0.25, 0.3) is 0 Å². The topological polar surface area (TPSA) is 77.4 Å². The van der Waals surface area contributed by atoms with E-state index in [0.717, 1.165) is 30.8 Å². The minimum absolute atomic E-state index is 0.600. The van der Waals surface area contributed by atoms with E-state index in [-0.39, 0.29) is 0 Å². The van der Waals surface area contributed by atoms with Crippen molar-refractivity contribution in [1.82, 2.24) is 15.2 Å². The lowest BCUT2D eigenvalue weighted by Gasteiger charge is -2.11. The molecule has 4 rings (SSSR count). The van der Waals surface area contributed by atoms with Crippen LogP contribution < -0.4 is 5.32 Å². The molecule has 1 fully saturated rings. The number of pyridine rings is 1. The molecule has 0 atom stereocenters. The Bertz CT molecular complexity index is 777. The highest BCUT2D eigenvalue weighted by Gasteiger charge is 2.23. The Labute approximate surface area is 136 Å². The summed E-state index contributed by atoms with van der Waals surface area (Å²) in [5, 5.41) is 20.4. The van der Waals surface area contributed by atoms with Crippen molar-refractivity contribution >= 4 is 11.6 Å². The number of aromatic nitrogens is 3. The third kappa shape index (κ3) is 2.48. The summed E-state index contributed by atoms with van der Waals surface area (Å²) in [5.41, 5.74) is 5.36. The molecule has 0 saturated heterocycles. The minimum Gasteiger partial charge on any atom is -0.322 e. The number of hydrogen-bond donors (Lipinski definition) is 2. The number of anilines is 2. The number of nitrogens with zero attached hydrogens (tertiary/aromatic N) is 3. The average molecular weight is 307 g/mol. The first kappa shape index (κ1) is 14.3. The molecule has 0 aliphatic heterocycles. The Hall–Kier alpha value is -2.35. The third-order valence-corrected chi connectivity index (χ3v) is 5.22. The second kappa shape index (κ2) is 5.69. The number of nitriles is 1. The quantitative estimate of drug-likeness (QED) is 0.902. The molecule has 23 heavy (non-hydrogen) atoms. The Balaban J connectivity index is 1.64. The van der Waals surface area contributed by atoms with Crippen LogP contribution in [0, 0.1) is 18.3 Å². The zero-order valence-corrected chi connectivity index (χ0v) is 13.4. The highest BCUT2D eigenvalue weighted by Crippen LogP contribution is 2.35. The van der Waals surface area contributed by atoms with Crippen molar-refractivity contribution in [3.63, 3.8) is 0 Å². The van der Waals surface area contributed by atoms with Crippen LogP contribution in [0.3, 0.4) is 0 Å². The maximum Gasteiger partial charge on any atom is 0.153 e. The van der Waals surface area contributed by atoms with Gasteiger partial charge in [0.05, 0.1) is 5.56 Å². The molecule has 0 amide bonds. The molecule has 2 N–H and O–H groups in total. The number of fused-ring (bicyclic) bond motifs is 1. The lowest BCUT2D eigenvalue weighted by molar-refractivity contribution is 0.693. The number of aryl methyl sites for hydroxylation is 1. The highest BCUT2D eigenvalue weighted by molar-refractivity contribution is 5.65. The highest BCUT2D eigenvalue weighted by atomic mass is 15.2. The summed E-state index contributed by atoms with van der Waals surface area (Å²) in [6, 6.07) is 4.41. The van der Waals surface area contributed by atoms with Gasteiger partial charge in [-0.1, -0.05) is 12.8 Å². The van der Waals surface area contributed by atoms with Gasteiger partial charge in [-0.3, -0.25) is 5.10 Å². The van der Waals surface area contributed by atoms with Crippen molar-refractivity contribution < 1.29 is 0 Å². The molecule has 2 aliphatic rings. The Morgan fingerprint density at radius 2 is 2.00 bits per heavy atom. The van der Waals surface area contributed by atoms with Crippen molar-refractivity contribution in [3.8, 4) is 6.07 Å². The van der Waals surface area contributed by atoms with Gasteiger partial charge in [0.1, 0.15) is 11.9 Å². The van der Waals surface area contributed by atoms with Gasteiger partial charge in [-0.15, -0.1) is 0 Å². The molecule has 118 valence electrons. The average Bonchev–Trinajstić information content (AvgIpc) is 3.28. The molecule has 5 heteroatoms. The van der Waals surface area contributed by atoms with Crippen LogP contribution in [0.2, 0.25) is 0 Å². The molecular formula is C18H21N5. The largest absolute Gasteiger partial charge is 0.322 e. The molecule has 2 aliphatic carbocycles. The summed E-state index contributed by atoms with van der Waals surface area (Å²) in [4.78, 5) is 4.63. The molecule has 0 spiro atoms. The number of hydrogen-bond acceptors (Lipinski definition) is 4. The summed E-state index contributed by atoms with van der Waals surface area (Å²) < 4.78 is 0. The number of rotatable bonds is 3. The summed E-state index contributed by atoms with van der Waals surface area (Å²) in [6.07, 6.45) is 8.21. The molecule has 2 heterocycles. The van der Waals surface area contributed by atoms with E-state index in [0.29, 0.717) is 17.3 Å². The van der Waals surface area contributed by atoms with Crippen LogP contribution in [0.5, 0.6) is 0 Å². The molecule has 1 saturated carbocycles. The summed E-state index contributed by atoms with van der Waals surface area (Å²) in [6.45, 7) is 2.03. The maximum absolute atomic E-state index is 9.57. The van der Waals surface area contributed by atoms with Gasteiger partial charge >= 0.3 is 0 Å². The van der Waals surface area contributed by atoms with Gasteiger partial charge in [-0.25, -0.2) is 4.98 Å². The molecule has 5 nitrogen and oxygen atoms in total. The van der Waals surface area contributed by atoms with Crippen LogP contribution in [-0.4, -0.2) is 15.2 Å². The van der Waals surface area contributed by atoms with E-state index < -0.39 is 0 Å². The normalized spacial score (nSPS) is 17.2. The second-order valence-electron chi connectivity index (χ2n) is 6.66. The standard InChI is InChI=1S/C18H21N5/c1-11-13-7-4-8-14(13)15(10-19)18(20-11)21-17-9-16(22-23-17)12-5-2-3-6-12/h9,12H,2-8H2,1H3,(H2,20,21,22,23). The first-order chi connectivity index (χ1) is 11.3. The zero-order chi connectivity index (χ0) is 15.8.